The summed E-state index contributed by atoms with van der Waals surface area (Å²) in [6, 6.07) is 31.1. The summed E-state index contributed by atoms with van der Waals surface area (Å²) in [4.78, 5) is 17.4. The number of carbonyl (C=O) groups excluding carboxylic acids is 1. The molecule has 4 nitrogen and oxygen atoms in total. The zero-order valence-electron chi connectivity index (χ0n) is 19.0. The van der Waals surface area contributed by atoms with Crippen LogP contribution in [0.25, 0.3) is 0 Å². The van der Waals surface area contributed by atoms with Crippen LogP contribution in [-0.4, -0.2) is 15.5 Å². The van der Waals surface area contributed by atoms with Crippen LogP contribution < -0.4 is 5.32 Å². The van der Waals surface area contributed by atoms with E-state index in [4.69, 9.17) is 4.98 Å². The summed E-state index contributed by atoms with van der Waals surface area (Å²) in [6.07, 6.45) is 1.44. The molecule has 0 aliphatic heterocycles. The number of nitrogens with zero attached hydrogens (tertiary/aromatic N) is 2. The summed E-state index contributed by atoms with van der Waals surface area (Å²) in [6.45, 7) is 6.60. The highest BCUT2D eigenvalue weighted by Crippen LogP contribution is 2.21. The van der Waals surface area contributed by atoms with Gasteiger partial charge in [0.15, 0.2) is 0 Å². The Balaban J connectivity index is 1.76. The summed E-state index contributed by atoms with van der Waals surface area (Å²) in [5, 5.41) is 3.03. The van der Waals surface area contributed by atoms with Gasteiger partial charge < -0.3 is 9.88 Å². The van der Waals surface area contributed by atoms with Crippen molar-refractivity contribution >= 4 is 5.91 Å². The SMILES string of the molecule is C=C(C)C(=O)NCc1c(Cc2ccccc2)nc(Cc2ccccc2)n1Cc1ccccc1. The van der Waals surface area contributed by atoms with Crippen molar-refractivity contribution in [3.05, 3.63) is 137 Å². The Morgan fingerprint density at radius 3 is 1.88 bits per heavy atom. The molecule has 0 unspecified atom stereocenters. The minimum atomic E-state index is -0.141. The van der Waals surface area contributed by atoms with Crippen molar-refractivity contribution in [2.45, 2.75) is 32.9 Å². The summed E-state index contributed by atoms with van der Waals surface area (Å²) >= 11 is 0. The van der Waals surface area contributed by atoms with Gasteiger partial charge in [-0.05, 0) is 23.6 Å². The van der Waals surface area contributed by atoms with Gasteiger partial charge in [0.1, 0.15) is 5.82 Å². The van der Waals surface area contributed by atoms with E-state index in [1.807, 2.05) is 30.3 Å². The lowest BCUT2D eigenvalue weighted by atomic mass is 10.1. The molecule has 0 atom stereocenters. The quantitative estimate of drug-likeness (QED) is 0.362. The van der Waals surface area contributed by atoms with Crippen molar-refractivity contribution in [2.24, 2.45) is 0 Å². The van der Waals surface area contributed by atoms with E-state index in [9.17, 15) is 4.79 Å². The van der Waals surface area contributed by atoms with Crippen molar-refractivity contribution < 1.29 is 4.79 Å². The third kappa shape index (κ3) is 5.86. The fourth-order valence-corrected chi connectivity index (χ4v) is 3.90. The van der Waals surface area contributed by atoms with Gasteiger partial charge in [0.05, 0.1) is 17.9 Å². The molecule has 166 valence electrons. The number of benzene rings is 3. The van der Waals surface area contributed by atoms with Crippen LogP contribution in [-0.2, 0) is 30.7 Å². The maximum Gasteiger partial charge on any atom is 0.246 e. The van der Waals surface area contributed by atoms with Crippen LogP contribution in [0.3, 0.4) is 0 Å². The van der Waals surface area contributed by atoms with E-state index >= 15 is 0 Å². The monoisotopic (exact) mass is 435 g/mol. The van der Waals surface area contributed by atoms with E-state index < -0.39 is 0 Å². The summed E-state index contributed by atoms with van der Waals surface area (Å²) in [5.74, 6) is 0.855. The molecule has 1 heterocycles. The van der Waals surface area contributed by atoms with E-state index in [0.717, 1.165) is 23.6 Å². The smallest absolute Gasteiger partial charge is 0.246 e. The van der Waals surface area contributed by atoms with Gasteiger partial charge >= 0.3 is 0 Å². The number of aromatic nitrogens is 2. The van der Waals surface area contributed by atoms with Crippen LogP contribution in [0.4, 0.5) is 0 Å². The predicted molar refractivity (Wildman–Crippen MR) is 133 cm³/mol. The summed E-state index contributed by atoms with van der Waals surface area (Å²) < 4.78 is 2.26. The van der Waals surface area contributed by atoms with Crippen LogP contribution in [0, 0.1) is 0 Å². The van der Waals surface area contributed by atoms with Gasteiger partial charge in [-0.1, -0.05) is 97.6 Å². The molecule has 4 rings (SSSR count). The number of carbonyl (C=O) groups is 1. The molecule has 4 aromatic rings. The first-order valence-corrected chi connectivity index (χ1v) is 11.2. The van der Waals surface area contributed by atoms with Gasteiger partial charge in [0.25, 0.3) is 0 Å². The van der Waals surface area contributed by atoms with E-state index in [1.54, 1.807) is 6.92 Å². The maximum atomic E-state index is 12.3. The van der Waals surface area contributed by atoms with Crippen LogP contribution in [0.5, 0.6) is 0 Å². The largest absolute Gasteiger partial charge is 0.347 e. The second-order valence-electron chi connectivity index (χ2n) is 8.28. The van der Waals surface area contributed by atoms with Crippen molar-refractivity contribution in [1.29, 1.82) is 0 Å². The van der Waals surface area contributed by atoms with E-state index in [-0.39, 0.29) is 5.91 Å². The van der Waals surface area contributed by atoms with Crippen molar-refractivity contribution in [1.82, 2.24) is 14.9 Å². The molecule has 0 bridgehead atoms. The van der Waals surface area contributed by atoms with Gasteiger partial charge in [-0.3, -0.25) is 4.79 Å². The number of hydrogen-bond acceptors (Lipinski definition) is 2. The fraction of sp³-hybridized carbons (Fsp3) is 0.172. The third-order valence-electron chi connectivity index (χ3n) is 5.64. The minimum Gasteiger partial charge on any atom is -0.347 e. The molecule has 4 heteroatoms. The zero-order chi connectivity index (χ0) is 23.0. The molecule has 1 N–H and O–H groups in total. The first-order valence-electron chi connectivity index (χ1n) is 11.2. The molecule has 33 heavy (non-hydrogen) atoms. The standard InChI is InChI=1S/C29H29N3O/c1-22(2)29(33)30-20-27-26(18-23-12-6-3-7-13-23)31-28(19-24-14-8-4-9-15-24)32(27)21-25-16-10-5-11-17-25/h3-17H,1,18-21H2,2H3,(H,30,33). The molecular formula is C29H29N3O. The molecule has 0 saturated heterocycles. The van der Waals surface area contributed by atoms with E-state index in [1.165, 1.54) is 16.7 Å². The lowest BCUT2D eigenvalue weighted by Crippen LogP contribution is -2.25. The second-order valence-corrected chi connectivity index (χ2v) is 8.28. The Bertz CT molecular complexity index is 1210. The van der Waals surface area contributed by atoms with Crippen molar-refractivity contribution in [3.63, 3.8) is 0 Å². The summed E-state index contributed by atoms with van der Waals surface area (Å²) in [5.41, 5.74) is 6.12. The Morgan fingerprint density at radius 2 is 1.33 bits per heavy atom. The number of hydrogen-bond donors (Lipinski definition) is 1. The average molecular weight is 436 g/mol. The van der Waals surface area contributed by atoms with E-state index in [2.05, 4.69) is 77.1 Å². The van der Waals surface area contributed by atoms with Crippen LogP contribution in [0.15, 0.2) is 103 Å². The first-order chi connectivity index (χ1) is 16.1. The Kier molecular flexibility index (Phi) is 7.16. The Labute approximate surface area is 195 Å². The van der Waals surface area contributed by atoms with Crippen molar-refractivity contribution in [3.8, 4) is 0 Å². The van der Waals surface area contributed by atoms with Gasteiger partial charge in [-0.15, -0.1) is 0 Å². The van der Waals surface area contributed by atoms with Crippen LogP contribution in [0.2, 0.25) is 0 Å². The maximum absolute atomic E-state index is 12.3. The Hall–Kier alpha value is -3.92. The fourth-order valence-electron chi connectivity index (χ4n) is 3.90. The molecule has 3 aromatic carbocycles. The molecule has 0 fully saturated rings. The lowest BCUT2D eigenvalue weighted by molar-refractivity contribution is -0.117. The van der Waals surface area contributed by atoms with Gasteiger partial charge in [0.2, 0.25) is 5.91 Å². The minimum absolute atomic E-state index is 0.141. The topological polar surface area (TPSA) is 46.9 Å². The number of imidazole rings is 1. The van der Waals surface area contributed by atoms with Crippen molar-refractivity contribution in [2.75, 3.05) is 0 Å². The predicted octanol–water partition coefficient (Wildman–Crippen LogP) is 5.31. The van der Waals surface area contributed by atoms with Crippen LogP contribution in [0.1, 0.15) is 40.8 Å². The van der Waals surface area contributed by atoms with Gasteiger partial charge in [0, 0.05) is 25.0 Å². The normalized spacial score (nSPS) is 10.7. The summed E-state index contributed by atoms with van der Waals surface area (Å²) in [7, 11) is 0. The highest BCUT2D eigenvalue weighted by atomic mass is 16.1. The molecule has 0 aliphatic rings. The molecule has 0 saturated carbocycles. The lowest BCUT2D eigenvalue weighted by Gasteiger charge is -2.14. The molecular weight excluding hydrogens is 406 g/mol. The van der Waals surface area contributed by atoms with Gasteiger partial charge in [-0.25, -0.2) is 4.98 Å². The van der Waals surface area contributed by atoms with Crippen LogP contribution >= 0.6 is 0 Å². The number of nitrogens with one attached hydrogen (secondary N) is 1. The van der Waals surface area contributed by atoms with E-state index in [0.29, 0.717) is 25.1 Å². The highest BCUT2D eigenvalue weighted by molar-refractivity contribution is 5.92. The average Bonchev–Trinajstić information content (AvgIpc) is 3.14. The third-order valence-corrected chi connectivity index (χ3v) is 5.64. The highest BCUT2D eigenvalue weighted by Gasteiger charge is 2.19. The second kappa shape index (κ2) is 10.6. The Morgan fingerprint density at radius 1 is 0.818 bits per heavy atom. The molecule has 0 aliphatic carbocycles. The first kappa shape index (κ1) is 22.3. The zero-order valence-corrected chi connectivity index (χ0v) is 19.0. The van der Waals surface area contributed by atoms with Gasteiger partial charge in [-0.2, -0.15) is 0 Å². The molecule has 1 amide bonds. The number of amides is 1. The molecule has 0 radical (unpaired) electrons. The molecule has 0 spiro atoms. The number of rotatable bonds is 9. The molecule has 1 aromatic heterocycles.